The Labute approximate surface area is 173 Å². The minimum atomic E-state index is 0.816. The quantitative estimate of drug-likeness (QED) is 0.578. The molecule has 0 bridgehead atoms. The molecule has 2 aromatic heterocycles. The standard InChI is InChI=1S/C23H28N4S/c1-18-12-19(14-26(2)16-21-8-4-6-10-24-21)23(28)20(13-18)15-27(3)17-22-9-5-7-11-25-22/h4-13,28H,14-17H2,1-3H3. The van der Waals surface area contributed by atoms with E-state index in [1.165, 1.54) is 16.7 Å². The summed E-state index contributed by atoms with van der Waals surface area (Å²) in [4.78, 5) is 14.5. The van der Waals surface area contributed by atoms with Gasteiger partial charge in [-0.05, 0) is 56.4 Å². The van der Waals surface area contributed by atoms with Gasteiger partial charge in [-0.2, -0.15) is 0 Å². The molecule has 3 aromatic rings. The van der Waals surface area contributed by atoms with Crippen molar-refractivity contribution >= 4 is 12.6 Å². The van der Waals surface area contributed by atoms with E-state index in [1.54, 1.807) is 0 Å². The van der Waals surface area contributed by atoms with E-state index >= 15 is 0 Å². The lowest BCUT2D eigenvalue weighted by molar-refractivity contribution is 0.305. The van der Waals surface area contributed by atoms with E-state index < -0.39 is 0 Å². The molecule has 3 rings (SSSR count). The predicted octanol–water partition coefficient (Wildman–Crippen LogP) is 4.34. The lowest BCUT2D eigenvalue weighted by Crippen LogP contribution is -2.20. The Bertz CT molecular complexity index is 813. The summed E-state index contributed by atoms with van der Waals surface area (Å²) in [5, 5.41) is 0. The predicted molar refractivity (Wildman–Crippen MR) is 117 cm³/mol. The van der Waals surface area contributed by atoms with Gasteiger partial charge in [-0.1, -0.05) is 29.8 Å². The monoisotopic (exact) mass is 392 g/mol. The van der Waals surface area contributed by atoms with Crippen molar-refractivity contribution in [3.63, 3.8) is 0 Å². The van der Waals surface area contributed by atoms with Gasteiger partial charge in [0, 0.05) is 43.5 Å². The first-order valence-corrected chi connectivity index (χ1v) is 9.94. The third-order valence-electron chi connectivity index (χ3n) is 4.61. The van der Waals surface area contributed by atoms with Gasteiger partial charge in [0.1, 0.15) is 0 Å². The Hall–Kier alpha value is -2.21. The number of rotatable bonds is 8. The molecule has 5 heteroatoms. The molecule has 0 aliphatic carbocycles. The van der Waals surface area contributed by atoms with E-state index in [9.17, 15) is 0 Å². The van der Waals surface area contributed by atoms with Crippen molar-refractivity contribution in [3.05, 3.63) is 89.0 Å². The minimum Gasteiger partial charge on any atom is -0.296 e. The summed E-state index contributed by atoms with van der Waals surface area (Å²) < 4.78 is 0. The molecule has 0 spiro atoms. The van der Waals surface area contributed by atoms with E-state index in [4.69, 9.17) is 12.6 Å². The second kappa shape index (κ2) is 9.82. The first-order valence-electron chi connectivity index (χ1n) is 9.49. The second-order valence-corrected chi connectivity index (χ2v) is 7.87. The molecule has 146 valence electrons. The molecular weight excluding hydrogens is 364 g/mol. The maximum atomic E-state index is 4.88. The zero-order chi connectivity index (χ0) is 19.9. The molecule has 0 aliphatic heterocycles. The van der Waals surface area contributed by atoms with Crippen molar-refractivity contribution in [2.24, 2.45) is 0 Å². The number of aromatic nitrogens is 2. The zero-order valence-corrected chi connectivity index (χ0v) is 17.7. The molecule has 2 heterocycles. The highest BCUT2D eigenvalue weighted by atomic mass is 32.1. The molecule has 0 atom stereocenters. The van der Waals surface area contributed by atoms with Crippen LogP contribution in [0.25, 0.3) is 0 Å². The van der Waals surface area contributed by atoms with E-state index in [1.807, 2.05) is 36.7 Å². The van der Waals surface area contributed by atoms with Crippen LogP contribution in [0, 0.1) is 6.92 Å². The molecule has 4 nitrogen and oxygen atoms in total. The number of pyridine rings is 2. The van der Waals surface area contributed by atoms with Gasteiger partial charge in [0.25, 0.3) is 0 Å². The number of nitrogens with zero attached hydrogens (tertiary/aromatic N) is 4. The van der Waals surface area contributed by atoms with Crippen LogP contribution in [0.1, 0.15) is 28.1 Å². The Balaban J connectivity index is 1.68. The van der Waals surface area contributed by atoms with Crippen LogP contribution < -0.4 is 0 Å². The van der Waals surface area contributed by atoms with Crippen molar-refractivity contribution in [2.75, 3.05) is 14.1 Å². The van der Waals surface area contributed by atoms with Crippen LogP contribution in [-0.4, -0.2) is 33.9 Å². The largest absolute Gasteiger partial charge is 0.296 e. The second-order valence-electron chi connectivity index (χ2n) is 7.42. The normalized spacial score (nSPS) is 11.4. The zero-order valence-electron chi connectivity index (χ0n) is 16.8. The molecule has 0 radical (unpaired) electrons. The molecule has 0 N–H and O–H groups in total. The van der Waals surface area contributed by atoms with E-state index in [0.717, 1.165) is 42.5 Å². The fourth-order valence-electron chi connectivity index (χ4n) is 3.41. The highest BCUT2D eigenvalue weighted by Crippen LogP contribution is 2.24. The Kier molecular flexibility index (Phi) is 7.20. The Morgan fingerprint density at radius 3 is 1.61 bits per heavy atom. The lowest BCUT2D eigenvalue weighted by atomic mass is 10.0. The van der Waals surface area contributed by atoms with Crippen LogP contribution >= 0.6 is 12.6 Å². The Morgan fingerprint density at radius 1 is 0.750 bits per heavy atom. The summed E-state index contributed by atoms with van der Waals surface area (Å²) in [7, 11) is 4.24. The smallest absolute Gasteiger partial charge is 0.0543 e. The molecule has 0 saturated heterocycles. The number of benzene rings is 1. The average molecular weight is 393 g/mol. The van der Waals surface area contributed by atoms with Crippen molar-refractivity contribution in [1.82, 2.24) is 19.8 Å². The molecule has 0 fully saturated rings. The number of hydrogen-bond acceptors (Lipinski definition) is 5. The van der Waals surface area contributed by atoms with E-state index in [-0.39, 0.29) is 0 Å². The summed E-state index contributed by atoms with van der Waals surface area (Å²) in [6.45, 7) is 5.47. The third-order valence-corrected chi connectivity index (χ3v) is 5.18. The van der Waals surface area contributed by atoms with Crippen LogP contribution in [-0.2, 0) is 26.2 Å². The first-order chi connectivity index (χ1) is 13.5. The molecule has 0 aliphatic rings. The molecule has 28 heavy (non-hydrogen) atoms. The van der Waals surface area contributed by atoms with Crippen LogP contribution in [0.2, 0.25) is 0 Å². The maximum absolute atomic E-state index is 4.88. The summed E-state index contributed by atoms with van der Waals surface area (Å²) in [6, 6.07) is 16.6. The van der Waals surface area contributed by atoms with Gasteiger partial charge in [0.2, 0.25) is 0 Å². The lowest BCUT2D eigenvalue weighted by Gasteiger charge is -2.22. The number of thiol groups is 1. The third kappa shape index (κ3) is 5.89. The van der Waals surface area contributed by atoms with Crippen LogP contribution in [0.5, 0.6) is 0 Å². The van der Waals surface area contributed by atoms with Gasteiger partial charge in [-0.25, -0.2) is 0 Å². The highest BCUT2D eigenvalue weighted by Gasteiger charge is 2.12. The number of hydrogen-bond donors (Lipinski definition) is 1. The van der Waals surface area contributed by atoms with E-state index in [2.05, 4.69) is 65.1 Å². The van der Waals surface area contributed by atoms with Crippen LogP contribution in [0.3, 0.4) is 0 Å². The fraction of sp³-hybridized carbons (Fsp3) is 0.304. The average Bonchev–Trinajstić information content (AvgIpc) is 2.67. The Morgan fingerprint density at radius 2 is 1.21 bits per heavy atom. The summed E-state index contributed by atoms with van der Waals surface area (Å²) in [5.41, 5.74) is 5.92. The molecule has 0 unspecified atom stereocenters. The molecule has 1 aromatic carbocycles. The van der Waals surface area contributed by atoms with Gasteiger partial charge >= 0.3 is 0 Å². The number of aryl methyl sites for hydroxylation is 1. The van der Waals surface area contributed by atoms with Gasteiger partial charge in [-0.3, -0.25) is 19.8 Å². The first kappa shape index (κ1) is 20.5. The van der Waals surface area contributed by atoms with Crippen molar-refractivity contribution in [1.29, 1.82) is 0 Å². The highest BCUT2D eigenvalue weighted by molar-refractivity contribution is 7.80. The van der Waals surface area contributed by atoms with Gasteiger partial charge in [0.05, 0.1) is 11.4 Å². The van der Waals surface area contributed by atoms with Crippen LogP contribution in [0.15, 0.2) is 65.8 Å². The topological polar surface area (TPSA) is 32.3 Å². The van der Waals surface area contributed by atoms with Gasteiger partial charge < -0.3 is 0 Å². The molecule has 0 amide bonds. The SMILES string of the molecule is Cc1cc(CN(C)Cc2ccccn2)c(S)c(CN(C)Cc2ccccn2)c1. The van der Waals surface area contributed by atoms with Crippen LogP contribution in [0.4, 0.5) is 0 Å². The summed E-state index contributed by atoms with van der Waals surface area (Å²) in [6.07, 6.45) is 3.69. The molecule has 0 saturated carbocycles. The van der Waals surface area contributed by atoms with Gasteiger partial charge in [-0.15, -0.1) is 12.6 Å². The molecular formula is C23H28N4S. The minimum absolute atomic E-state index is 0.816. The fourth-order valence-corrected chi connectivity index (χ4v) is 3.68. The van der Waals surface area contributed by atoms with Crippen molar-refractivity contribution in [3.8, 4) is 0 Å². The van der Waals surface area contributed by atoms with Crippen molar-refractivity contribution < 1.29 is 0 Å². The van der Waals surface area contributed by atoms with E-state index in [0.29, 0.717) is 0 Å². The summed E-state index contributed by atoms with van der Waals surface area (Å²) in [5.74, 6) is 0. The maximum Gasteiger partial charge on any atom is 0.0543 e. The van der Waals surface area contributed by atoms with Crippen molar-refractivity contribution in [2.45, 2.75) is 38.0 Å². The summed E-state index contributed by atoms with van der Waals surface area (Å²) >= 11 is 4.88. The van der Waals surface area contributed by atoms with Gasteiger partial charge in [0.15, 0.2) is 0 Å².